The van der Waals surface area contributed by atoms with E-state index in [4.69, 9.17) is 0 Å². The molecule has 1 atom stereocenters. The van der Waals surface area contributed by atoms with Crippen LogP contribution in [0.25, 0.3) is 0 Å². The molecule has 0 N–H and O–H groups in total. The third-order valence-electron chi connectivity index (χ3n) is 6.20. The van der Waals surface area contributed by atoms with Crippen molar-refractivity contribution in [3.8, 4) is 0 Å². The summed E-state index contributed by atoms with van der Waals surface area (Å²) >= 11 is 0. The van der Waals surface area contributed by atoms with Crippen molar-refractivity contribution in [1.82, 2.24) is 0 Å². The predicted octanol–water partition coefficient (Wildman–Crippen LogP) is 6.06. The van der Waals surface area contributed by atoms with E-state index in [1.54, 1.807) is 0 Å². The Morgan fingerprint density at radius 2 is 1.06 bits per heavy atom. The zero-order chi connectivity index (χ0) is 13.6. The second-order valence-electron chi connectivity index (χ2n) is 9.45. The van der Waals surface area contributed by atoms with Gasteiger partial charge in [-0.3, -0.25) is 0 Å². The molecule has 1 spiro atoms. The van der Waals surface area contributed by atoms with Crippen LogP contribution in [0.5, 0.6) is 0 Å². The average Bonchev–Trinajstić information content (AvgIpc) is 2.61. The minimum absolute atomic E-state index is 0.531. The van der Waals surface area contributed by atoms with Crippen LogP contribution in [0.3, 0.4) is 0 Å². The van der Waals surface area contributed by atoms with Gasteiger partial charge < -0.3 is 0 Å². The van der Waals surface area contributed by atoms with Crippen LogP contribution in [0.4, 0.5) is 0 Å². The lowest BCUT2D eigenvalue weighted by molar-refractivity contribution is 0.0821. The van der Waals surface area contributed by atoms with E-state index in [1.165, 1.54) is 44.9 Å². The Morgan fingerprint density at radius 1 is 0.667 bits per heavy atom. The van der Waals surface area contributed by atoms with Crippen molar-refractivity contribution in [2.24, 2.45) is 28.1 Å². The molecule has 1 unspecified atom stereocenters. The van der Waals surface area contributed by atoms with Crippen molar-refractivity contribution in [2.45, 2.75) is 86.5 Å². The second kappa shape index (κ2) is 4.53. The molecule has 18 heavy (non-hydrogen) atoms. The first-order chi connectivity index (χ1) is 8.12. The van der Waals surface area contributed by atoms with Gasteiger partial charge in [0.25, 0.3) is 0 Å². The fraction of sp³-hybridized carbons (Fsp3) is 1.00. The molecule has 0 aromatic carbocycles. The Kier molecular flexibility index (Phi) is 3.63. The van der Waals surface area contributed by atoms with Gasteiger partial charge in [-0.1, -0.05) is 41.5 Å². The summed E-state index contributed by atoms with van der Waals surface area (Å²) in [7, 11) is 0. The first-order valence-corrected chi connectivity index (χ1v) is 8.12. The molecule has 0 aliphatic heterocycles. The zero-order valence-corrected chi connectivity index (χ0v) is 13.6. The SMILES string of the molecule is CC(C)(C)C1CCC2(CC1)CCC(C(C)(C)C)C2. The summed E-state index contributed by atoms with van der Waals surface area (Å²) in [6, 6.07) is 0. The fourth-order valence-corrected chi connectivity index (χ4v) is 4.50. The van der Waals surface area contributed by atoms with Gasteiger partial charge in [-0.2, -0.15) is 0 Å². The molecule has 2 aliphatic rings. The summed E-state index contributed by atoms with van der Waals surface area (Å²) < 4.78 is 0. The van der Waals surface area contributed by atoms with E-state index in [9.17, 15) is 0 Å². The first kappa shape index (κ1) is 14.4. The molecule has 0 amide bonds. The van der Waals surface area contributed by atoms with Crippen LogP contribution in [-0.4, -0.2) is 0 Å². The topological polar surface area (TPSA) is 0 Å². The first-order valence-electron chi connectivity index (χ1n) is 8.12. The Morgan fingerprint density at radius 3 is 1.39 bits per heavy atom. The highest BCUT2D eigenvalue weighted by Crippen LogP contribution is 2.57. The van der Waals surface area contributed by atoms with E-state index >= 15 is 0 Å². The van der Waals surface area contributed by atoms with Crippen LogP contribution >= 0.6 is 0 Å². The molecule has 0 saturated heterocycles. The highest BCUT2D eigenvalue weighted by Gasteiger charge is 2.45. The third kappa shape index (κ3) is 2.94. The highest BCUT2D eigenvalue weighted by molar-refractivity contribution is 4.96. The summed E-state index contributed by atoms with van der Waals surface area (Å²) in [5, 5.41) is 0. The maximum absolute atomic E-state index is 2.44. The van der Waals surface area contributed by atoms with Gasteiger partial charge in [0.1, 0.15) is 0 Å². The van der Waals surface area contributed by atoms with Gasteiger partial charge >= 0.3 is 0 Å². The highest BCUT2D eigenvalue weighted by atomic mass is 14.5. The molecular formula is C18H34. The maximum Gasteiger partial charge on any atom is -0.0294 e. The van der Waals surface area contributed by atoms with Crippen LogP contribution in [0.15, 0.2) is 0 Å². The minimum Gasteiger partial charge on any atom is -0.0599 e. The summed E-state index contributed by atoms with van der Waals surface area (Å²) in [6.07, 6.45) is 10.5. The van der Waals surface area contributed by atoms with Crippen LogP contribution in [-0.2, 0) is 0 Å². The molecule has 0 aromatic rings. The molecule has 0 aromatic heterocycles. The van der Waals surface area contributed by atoms with Crippen molar-refractivity contribution in [3.05, 3.63) is 0 Å². The average molecular weight is 250 g/mol. The monoisotopic (exact) mass is 250 g/mol. The van der Waals surface area contributed by atoms with E-state index < -0.39 is 0 Å². The minimum atomic E-state index is 0.531. The lowest BCUT2D eigenvalue weighted by Crippen LogP contribution is -2.31. The molecule has 0 nitrogen and oxygen atoms in total. The Hall–Kier alpha value is 0. The normalized spacial score (nSPS) is 38.3. The Labute approximate surface area is 115 Å². The molecule has 0 bridgehead atoms. The molecule has 2 aliphatic carbocycles. The van der Waals surface area contributed by atoms with Crippen LogP contribution in [0.1, 0.15) is 86.5 Å². The predicted molar refractivity (Wildman–Crippen MR) is 80.6 cm³/mol. The smallest absolute Gasteiger partial charge is 0.0294 e. The molecule has 2 rings (SSSR count). The standard InChI is InChI=1S/C18H34/c1-16(2,3)14-7-10-18(11-8-14)12-9-15(13-18)17(4,5)6/h14-15H,7-13H2,1-6H3. The number of hydrogen-bond donors (Lipinski definition) is 0. The van der Waals surface area contributed by atoms with Crippen LogP contribution < -0.4 is 0 Å². The molecule has 2 fully saturated rings. The van der Waals surface area contributed by atoms with Crippen LogP contribution in [0, 0.1) is 28.1 Å². The molecule has 106 valence electrons. The lowest BCUT2D eigenvalue weighted by Gasteiger charge is -2.43. The summed E-state index contributed by atoms with van der Waals surface area (Å²) in [5.74, 6) is 1.94. The van der Waals surface area contributed by atoms with E-state index in [1.807, 2.05) is 0 Å². The molecular weight excluding hydrogens is 216 g/mol. The Bertz CT molecular complexity index is 278. The van der Waals surface area contributed by atoms with E-state index in [0.29, 0.717) is 10.8 Å². The van der Waals surface area contributed by atoms with Gasteiger partial charge in [0.2, 0.25) is 0 Å². The van der Waals surface area contributed by atoms with Gasteiger partial charge in [-0.05, 0) is 73.0 Å². The van der Waals surface area contributed by atoms with E-state index in [0.717, 1.165) is 17.3 Å². The number of hydrogen-bond acceptors (Lipinski definition) is 0. The Balaban J connectivity index is 1.94. The van der Waals surface area contributed by atoms with Gasteiger partial charge in [-0.15, -0.1) is 0 Å². The molecule has 0 heteroatoms. The summed E-state index contributed by atoms with van der Waals surface area (Å²) in [5.41, 5.74) is 1.81. The van der Waals surface area contributed by atoms with Crippen molar-refractivity contribution in [3.63, 3.8) is 0 Å². The largest absolute Gasteiger partial charge is 0.0599 e. The quantitative estimate of drug-likeness (QED) is 0.490. The van der Waals surface area contributed by atoms with Gasteiger partial charge in [0.15, 0.2) is 0 Å². The molecule has 0 heterocycles. The lowest BCUT2D eigenvalue weighted by atomic mass is 9.62. The maximum atomic E-state index is 2.44. The van der Waals surface area contributed by atoms with E-state index in [-0.39, 0.29) is 0 Å². The number of rotatable bonds is 0. The van der Waals surface area contributed by atoms with Crippen molar-refractivity contribution < 1.29 is 0 Å². The van der Waals surface area contributed by atoms with Crippen molar-refractivity contribution in [2.75, 3.05) is 0 Å². The summed E-state index contributed by atoms with van der Waals surface area (Å²) in [6.45, 7) is 14.6. The third-order valence-corrected chi connectivity index (χ3v) is 6.20. The fourth-order valence-electron chi connectivity index (χ4n) is 4.50. The van der Waals surface area contributed by atoms with E-state index in [2.05, 4.69) is 41.5 Å². The molecule has 2 saturated carbocycles. The van der Waals surface area contributed by atoms with Gasteiger partial charge in [0.05, 0.1) is 0 Å². The van der Waals surface area contributed by atoms with Crippen LogP contribution in [0.2, 0.25) is 0 Å². The van der Waals surface area contributed by atoms with Crippen molar-refractivity contribution >= 4 is 0 Å². The van der Waals surface area contributed by atoms with Crippen molar-refractivity contribution in [1.29, 1.82) is 0 Å². The van der Waals surface area contributed by atoms with Gasteiger partial charge in [0, 0.05) is 0 Å². The second-order valence-corrected chi connectivity index (χ2v) is 9.45. The molecule has 0 radical (unpaired) electrons. The summed E-state index contributed by atoms with van der Waals surface area (Å²) in [4.78, 5) is 0. The van der Waals surface area contributed by atoms with Gasteiger partial charge in [-0.25, -0.2) is 0 Å². The zero-order valence-electron chi connectivity index (χ0n) is 13.6.